The summed E-state index contributed by atoms with van der Waals surface area (Å²) in [7, 11) is 0. The van der Waals surface area contributed by atoms with Crippen LogP contribution in [-0.4, -0.2) is 41.2 Å². The van der Waals surface area contributed by atoms with Crippen molar-refractivity contribution in [2.24, 2.45) is 5.92 Å². The molecule has 1 aliphatic rings. The van der Waals surface area contributed by atoms with E-state index in [-0.39, 0.29) is 24.4 Å². The van der Waals surface area contributed by atoms with Crippen molar-refractivity contribution in [1.82, 2.24) is 9.80 Å². The molecule has 32 heavy (non-hydrogen) atoms. The van der Waals surface area contributed by atoms with Gasteiger partial charge in [0.2, 0.25) is 11.8 Å². The fourth-order valence-electron chi connectivity index (χ4n) is 4.44. The Morgan fingerprint density at radius 2 is 1.88 bits per heavy atom. The fraction of sp³-hybridized carbons (Fsp3) is 0.385. The van der Waals surface area contributed by atoms with E-state index < -0.39 is 0 Å². The van der Waals surface area contributed by atoms with Crippen LogP contribution in [0.25, 0.3) is 0 Å². The molecule has 0 aliphatic carbocycles. The minimum Gasteiger partial charge on any atom is -0.333 e. The number of benzene rings is 1. The van der Waals surface area contributed by atoms with Gasteiger partial charge in [-0.2, -0.15) is 0 Å². The highest BCUT2D eigenvalue weighted by molar-refractivity contribution is 7.10. The predicted octanol–water partition coefficient (Wildman–Crippen LogP) is 5.32. The van der Waals surface area contributed by atoms with Crippen LogP contribution in [0.15, 0.2) is 53.2 Å². The van der Waals surface area contributed by atoms with Crippen molar-refractivity contribution in [3.8, 4) is 0 Å². The van der Waals surface area contributed by atoms with Crippen LogP contribution in [0.1, 0.15) is 46.3 Å². The number of aryl methyl sites for hydroxylation is 1. The number of rotatable bonds is 7. The first-order valence-corrected chi connectivity index (χ1v) is 12.9. The lowest BCUT2D eigenvalue weighted by Gasteiger charge is -2.38. The molecule has 2 amide bonds. The number of fused-ring (bicyclic) bond motifs is 1. The van der Waals surface area contributed by atoms with Crippen molar-refractivity contribution in [2.75, 3.05) is 19.6 Å². The lowest BCUT2D eigenvalue weighted by Crippen LogP contribution is -2.48. The molecular weight excluding hydrogens is 436 g/mol. The van der Waals surface area contributed by atoms with Gasteiger partial charge in [0.25, 0.3) is 0 Å². The van der Waals surface area contributed by atoms with E-state index in [9.17, 15) is 9.59 Å². The van der Waals surface area contributed by atoms with Crippen molar-refractivity contribution >= 4 is 34.5 Å². The Hall–Kier alpha value is -2.44. The molecule has 6 heteroatoms. The van der Waals surface area contributed by atoms with Gasteiger partial charge in [0.05, 0.1) is 19.0 Å². The smallest absolute Gasteiger partial charge is 0.242 e. The van der Waals surface area contributed by atoms with Crippen LogP contribution < -0.4 is 0 Å². The van der Waals surface area contributed by atoms with Gasteiger partial charge in [0.15, 0.2) is 0 Å². The summed E-state index contributed by atoms with van der Waals surface area (Å²) in [5, 5.41) is 4.11. The average Bonchev–Trinajstić information content (AvgIpc) is 3.44. The van der Waals surface area contributed by atoms with Crippen molar-refractivity contribution in [2.45, 2.75) is 39.7 Å². The highest BCUT2D eigenvalue weighted by Gasteiger charge is 2.34. The Morgan fingerprint density at radius 1 is 1.06 bits per heavy atom. The minimum atomic E-state index is -0.0907. The Morgan fingerprint density at radius 3 is 2.59 bits per heavy atom. The fourth-order valence-corrected chi connectivity index (χ4v) is 6.04. The lowest BCUT2D eigenvalue weighted by molar-refractivity contribution is -0.141. The van der Waals surface area contributed by atoms with Crippen LogP contribution in [0, 0.1) is 12.8 Å². The summed E-state index contributed by atoms with van der Waals surface area (Å²) in [4.78, 5) is 32.9. The molecule has 0 spiro atoms. The predicted molar refractivity (Wildman–Crippen MR) is 132 cm³/mol. The maximum Gasteiger partial charge on any atom is 0.242 e. The quantitative estimate of drug-likeness (QED) is 0.473. The SMILES string of the molecule is Cc1ccccc1C1c2ccsc2CCN1C(=O)CN(CC(C)C)C(=O)Cc1cccs1. The zero-order valence-electron chi connectivity index (χ0n) is 18.9. The van der Waals surface area contributed by atoms with Crippen LogP contribution in [0.2, 0.25) is 0 Å². The Labute approximate surface area is 198 Å². The van der Waals surface area contributed by atoms with E-state index in [1.807, 2.05) is 34.5 Å². The second-order valence-electron chi connectivity index (χ2n) is 8.82. The van der Waals surface area contributed by atoms with Gasteiger partial charge in [-0.25, -0.2) is 0 Å². The van der Waals surface area contributed by atoms with Gasteiger partial charge in [-0.15, -0.1) is 22.7 Å². The molecule has 1 aliphatic heterocycles. The van der Waals surface area contributed by atoms with Crippen molar-refractivity contribution in [3.05, 3.63) is 79.7 Å². The van der Waals surface area contributed by atoms with Crippen LogP contribution in [0.5, 0.6) is 0 Å². The number of amides is 2. The molecule has 1 unspecified atom stereocenters. The van der Waals surface area contributed by atoms with E-state index in [2.05, 4.69) is 44.4 Å². The molecule has 2 aromatic heterocycles. The number of hydrogen-bond donors (Lipinski definition) is 0. The Kier molecular flexibility index (Phi) is 7.11. The van der Waals surface area contributed by atoms with Gasteiger partial charge >= 0.3 is 0 Å². The standard InChI is InChI=1S/C26H30N2O2S2/c1-18(2)16-27(24(29)15-20-8-6-13-31-20)17-25(30)28-12-10-23-22(11-14-32-23)26(28)21-9-5-4-7-19(21)3/h4-9,11,13-14,18,26H,10,12,15-17H2,1-3H3. The Balaban J connectivity index is 1.59. The molecule has 1 atom stereocenters. The molecular formula is C26H30N2O2S2. The maximum atomic E-state index is 13.7. The second-order valence-corrected chi connectivity index (χ2v) is 10.9. The summed E-state index contributed by atoms with van der Waals surface area (Å²) >= 11 is 3.36. The molecule has 3 aromatic rings. The first kappa shape index (κ1) is 22.7. The molecule has 168 valence electrons. The summed E-state index contributed by atoms with van der Waals surface area (Å²) in [5.74, 6) is 0.345. The highest BCUT2D eigenvalue weighted by Crippen LogP contribution is 2.39. The highest BCUT2D eigenvalue weighted by atomic mass is 32.1. The summed E-state index contributed by atoms with van der Waals surface area (Å²) in [6.07, 6.45) is 1.22. The number of thiophene rings is 2. The van der Waals surface area contributed by atoms with Crippen LogP contribution in [-0.2, 0) is 22.4 Å². The molecule has 0 fully saturated rings. The van der Waals surface area contributed by atoms with E-state index in [0.717, 1.165) is 11.3 Å². The summed E-state index contributed by atoms with van der Waals surface area (Å²) in [5.41, 5.74) is 3.58. The molecule has 4 rings (SSSR count). The van der Waals surface area contributed by atoms with Gasteiger partial charge in [-0.3, -0.25) is 9.59 Å². The molecule has 0 saturated heterocycles. The lowest BCUT2D eigenvalue weighted by atomic mass is 9.90. The molecule has 0 N–H and O–H groups in total. The molecule has 3 heterocycles. The van der Waals surface area contributed by atoms with Crippen molar-refractivity contribution in [3.63, 3.8) is 0 Å². The first-order valence-electron chi connectivity index (χ1n) is 11.2. The van der Waals surface area contributed by atoms with Crippen LogP contribution >= 0.6 is 22.7 Å². The maximum absolute atomic E-state index is 13.7. The van der Waals surface area contributed by atoms with Gasteiger partial charge < -0.3 is 9.80 Å². The van der Waals surface area contributed by atoms with E-state index in [1.54, 1.807) is 27.6 Å². The van der Waals surface area contributed by atoms with Gasteiger partial charge in [-0.1, -0.05) is 44.2 Å². The monoisotopic (exact) mass is 466 g/mol. The minimum absolute atomic E-state index is 0.0233. The summed E-state index contributed by atoms with van der Waals surface area (Å²) in [6, 6.07) is 14.3. The number of carbonyl (C=O) groups excluding carboxylic acids is 2. The number of carbonyl (C=O) groups is 2. The third-order valence-corrected chi connectivity index (χ3v) is 7.81. The summed E-state index contributed by atoms with van der Waals surface area (Å²) < 4.78 is 0. The van der Waals surface area contributed by atoms with E-state index in [1.165, 1.54) is 21.6 Å². The number of nitrogens with zero attached hydrogens (tertiary/aromatic N) is 2. The van der Waals surface area contributed by atoms with E-state index in [0.29, 0.717) is 25.4 Å². The van der Waals surface area contributed by atoms with E-state index in [4.69, 9.17) is 0 Å². The zero-order valence-corrected chi connectivity index (χ0v) is 20.5. The molecule has 1 aromatic carbocycles. The topological polar surface area (TPSA) is 40.6 Å². The summed E-state index contributed by atoms with van der Waals surface area (Å²) in [6.45, 7) is 7.68. The first-order chi connectivity index (χ1) is 15.4. The van der Waals surface area contributed by atoms with Crippen LogP contribution in [0.3, 0.4) is 0 Å². The van der Waals surface area contributed by atoms with Crippen LogP contribution in [0.4, 0.5) is 0 Å². The van der Waals surface area contributed by atoms with Gasteiger partial charge in [0, 0.05) is 22.8 Å². The third kappa shape index (κ3) is 4.97. The Bertz CT molecular complexity index is 1070. The zero-order chi connectivity index (χ0) is 22.7. The number of hydrogen-bond acceptors (Lipinski definition) is 4. The van der Waals surface area contributed by atoms with Gasteiger partial charge in [-0.05, 0) is 58.8 Å². The average molecular weight is 467 g/mol. The van der Waals surface area contributed by atoms with Gasteiger partial charge in [0.1, 0.15) is 0 Å². The molecule has 4 nitrogen and oxygen atoms in total. The normalized spacial score (nSPS) is 15.6. The molecule has 0 radical (unpaired) electrons. The van der Waals surface area contributed by atoms with Crippen molar-refractivity contribution in [1.29, 1.82) is 0 Å². The van der Waals surface area contributed by atoms with E-state index >= 15 is 0 Å². The largest absolute Gasteiger partial charge is 0.333 e. The molecule has 0 bridgehead atoms. The molecule has 0 saturated carbocycles. The van der Waals surface area contributed by atoms with Crippen molar-refractivity contribution < 1.29 is 9.59 Å². The second kappa shape index (κ2) is 10.0. The third-order valence-electron chi connectivity index (χ3n) is 5.94.